The molecule has 14 heteroatoms. The Bertz CT molecular complexity index is 537. The predicted molar refractivity (Wildman–Crippen MR) is 133 cm³/mol. The van der Waals surface area contributed by atoms with Crippen molar-refractivity contribution in [3.63, 3.8) is 0 Å². The zero-order chi connectivity index (χ0) is 29.2. The van der Waals surface area contributed by atoms with E-state index in [0.717, 1.165) is 31.8 Å². The van der Waals surface area contributed by atoms with Crippen molar-refractivity contribution in [1.29, 1.82) is 0 Å². The monoisotopic (exact) mass is 580 g/mol. The molecule has 13 nitrogen and oxygen atoms in total. The molecule has 0 fully saturated rings. The number of aliphatic carboxylic acids is 2. The Morgan fingerprint density at radius 3 is 1.16 bits per heavy atom. The number of unbranched alkanes of at least 4 members (excludes halogenated alkanes) is 5. The van der Waals surface area contributed by atoms with Crippen LogP contribution in [0.1, 0.15) is 51.4 Å². The number of carboxylic acid groups (broad SMARTS) is 2. The third kappa shape index (κ3) is 25.4. The number of hydrogen-bond donors (Lipinski definition) is 6. The van der Waals surface area contributed by atoms with Gasteiger partial charge in [-0.3, -0.25) is 0 Å². The number of esters is 1. The van der Waals surface area contributed by atoms with E-state index in [0.29, 0.717) is 12.8 Å². The van der Waals surface area contributed by atoms with Crippen molar-refractivity contribution in [3.8, 4) is 0 Å². The molecule has 0 bridgehead atoms. The number of aliphatic hydroxyl groups is 6. The molecule has 0 spiro atoms. The van der Waals surface area contributed by atoms with E-state index >= 15 is 0 Å². The maximum atomic E-state index is 10.0. The van der Waals surface area contributed by atoms with Gasteiger partial charge in [-0.15, -0.1) is 0 Å². The van der Waals surface area contributed by atoms with Crippen LogP contribution in [0.3, 0.4) is 0 Å². The topological polar surface area (TPSA) is 237 Å². The number of ether oxygens (including phenoxy) is 2. The summed E-state index contributed by atoms with van der Waals surface area (Å²) in [5, 5.41) is 74.2. The van der Waals surface area contributed by atoms with Gasteiger partial charge in [0, 0.05) is 18.0 Å². The van der Waals surface area contributed by atoms with Crippen molar-refractivity contribution in [2.45, 2.75) is 51.4 Å². The average Bonchev–Trinajstić information content (AvgIpc) is 2.91. The Hall–Kier alpha value is -0.870. The molecule has 6 N–H and O–H groups in total. The molecule has 0 saturated heterocycles. The molecule has 0 aliphatic carbocycles. The van der Waals surface area contributed by atoms with Crippen LogP contribution in [0.5, 0.6) is 0 Å². The quantitative estimate of drug-likeness (QED) is 0.0355. The number of aliphatic hydroxyl groups excluding tert-OH is 6. The first kappa shape index (κ1) is 44.2. The molecular weight excluding hydrogens is 536 g/mol. The molecule has 0 rings (SSSR count). The summed E-state index contributed by atoms with van der Waals surface area (Å²) in [6.45, 7) is 0.152. The van der Waals surface area contributed by atoms with E-state index in [1.807, 2.05) is 0 Å². The molecule has 0 aliphatic heterocycles. The molecule has 0 heterocycles. The standard InChI is InChI=1S/C10H22O7.C10H18O4.C4H6O2.Ca/c11-1-9(2-12,3-13)7-17-8-10(4-14,5-15)6-16;11-9(12)7-5-3-1-2-4-6-8-10(13)14;1-3-4(5)6-2;/h11-16H,1-8H2;1-8H2,(H,11,12)(H,13,14);3H,1H2,2H3;/q;;;+2/p-2. The Morgan fingerprint density at radius 1 is 0.684 bits per heavy atom. The zero-order valence-corrected chi connectivity index (χ0v) is 24.6. The van der Waals surface area contributed by atoms with Crippen molar-refractivity contribution in [3.05, 3.63) is 12.7 Å². The van der Waals surface area contributed by atoms with Crippen LogP contribution in [0, 0.1) is 10.8 Å². The van der Waals surface area contributed by atoms with Crippen molar-refractivity contribution < 1.29 is 64.7 Å². The molecule has 0 aromatic rings. The molecule has 38 heavy (non-hydrogen) atoms. The van der Waals surface area contributed by atoms with Gasteiger partial charge in [-0.05, 0) is 25.7 Å². The first-order valence-corrected chi connectivity index (χ1v) is 11.8. The Balaban J connectivity index is -0.000000248. The van der Waals surface area contributed by atoms with Crippen LogP contribution in [-0.2, 0) is 23.9 Å². The second-order valence-corrected chi connectivity index (χ2v) is 8.53. The molecule has 220 valence electrons. The van der Waals surface area contributed by atoms with E-state index in [1.54, 1.807) is 0 Å². The molecule has 0 aromatic heterocycles. The van der Waals surface area contributed by atoms with Crippen LogP contribution in [0.15, 0.2) is 12.7 Å². The van der Waals surface area contributed by atoms with Crippen LogP contribution in [0.25, 0.3) is 0 Å². The molecule has 0 aliphatic rings. The fourth-order valence-corrected chi connectivity index (χ4v) is 2.39. The minimum atomic E-state index is -1.16. The normalized spacial score (nSPS) is 10.6. The summed E-state index contributed by atoms with van der Waals surface area (Å²) in [5.74, 6) is -2.39. The third-order valence-corrected chi connectivity index (χ3v) is 5.21. The summed E-state index contributed by atoms with van der Waals surface area (Å²) in [7, 11) is 1.31. The van der Waals surface area contributed by atoms with Crippen molar-refractivity contribution in [2.75, 3.05) is 60.0 Å². The maximum Gasteiger partial charge on any atom is 2.00 e. The summed E-state index contributed by atoms with van der Waals surface area (Å²) in [4.78, 5) is 29.9. The van der Waals surface area contributed by atoms with E-state index in [9.17, 15) is 24.6 Å². The van der Waals surface area contributed by atoms with Crippen molar-refractivity contribution >= 4 is 55.6 Å². The Labute approximate surface area is 254 Å². The SMILES string of the molecule is C=CC(=O)OC.O=C([O-])CCCCCCCCC(=O)[O-].OCC(CO)(CO)COCC(CO)(CO)CO.[Ca+2]. The molecule has 0 unspecified atom stereocenters. The number of carbonyl (C=O) groups is 3. The smallest absolute Gasteiger partial charge is 0.550 e. The second-order valence-electron chi connectivity index (χ2n) is 8.53. The van der Waals surface area contributed by atoms with Crippen molar-refractivity contribution in [2.24, 2.45) is 10.8 Å². The van der Waals surface area contributed by atoms with Crippen LogP contribution >= 0.6 is 0 Å². The average molecular weight is 581 g/mol. The fourth-order valence-electron chi connectivity index (χ4n) is 2.39. The van der Waals surface area contributed by atoms with Crippen LogP contribution in [-0.4, -0.2) is 146 Å². The van der Waals surface area contributed by atoms with Crippen LogP contribution in [0.4, 0.5) is 0 Å². The molecule has 0 radical (unpaired) electrons. The predicted octanol–water partition coefficient (Wildman–Crippen LogP) is -3.50. The summed E-state index contributed by atoms with van der Waals surface area (Å²) in [6.07, 6.45) is 6.34. The van der Waals surface area contributed by atoms with Crippen LogP contribution in [0.2, 0.25) is 0 Å². The van der Waals surface area contributed by atoms with E-state index in [-0.39, 0.29) is 63.8 Å². The summed E-state index contributed by atoms with van der Waals surface area (Å²) in [6, 6.07) is 0. The third-order valence-electron chi connectivity index (χ3n) is 5.21. The van der Waals surface area contributed by atoms with Gasteiger partial charge in [-0.25, -0.2) is 4.79 Å². The second kappa shape index (κ2) is 29.1. The number of methoxy groups -OCH3 is 1. The van der Waals surface area contributed by atoms with Gasteiger partial charge in [0.25, 0.3) is 0 Å². The zero-order valence-electron chi connectivity index (χ0n) is 22.3. The Kier molecular flexibility index (Phi) is 33.8. The van der Waals surface area contributed by atoms with Gasteiger partial charge in [-0.2, -0.15) is 0 Å². The van der Waals surface area contributed by atoms with Crippen molar-refractivity contribution in [1.82, 2.24) is 0 Å². The fraction of sp³-hybridized carbons (Fsp3) is 0.792. The molecular formula is C24H44CaO13. The number of carboxylic acids is 2. The molecule has 0 amide bonds. The number of rotatable bonds is 20. The Morgan fingerprint density at radius 2 is 0.974 bits per heavy atom. The van der Waals surface area contributed by atoms with Gasteiger partial charge in [0.05, 0.1) is 70.8 Å². The largest absolute Gasteiger partial charge is 2.00 e. The number of hydrogen-bond acceptors (Lipinski definition) is 13. The first-order valence-electron chi connectivity index (χ1n) is 11.8. The van der Waals surface area contributed by atoms with E-state index in [1.165, 1.54) is 7.11 Å². The van der Waals surface area contributed by atoms with Crippen LogP contribution < -0.4 is 10.2 Å². The van der Waals surface area contributed by atoms with Gasteiger partial charge >= 0.3 is 43.7 Å². The van der Waals surface area contributed by atoms with Gasteiger partial charge in [-0.1, -0.05) is 32.3 Å². The van der Waals surface area contributed by atoms with E-state index < -0.39 is 68.4 Å². The first-order chi connectivity index (χ1) is 17.5. The summed E-state index contributed by atoms with van der Waals surface area (Å²) in [5.41, 5.74) is -2.32. The summed E-state index contributed by atoms with van der Waals surface area (Å²) < 4.78 is 9.29. The van der Waals surface area contributed by atoms with Gasteiger partial charge in [0.2, 0.25) is 0 Å². The van der Waals surface area contributed by atoms with Gasteiger partial charge < -0.3 is 59.9 Å². The molecule has 0 saturated carbocycles. The summed E-state index contributed by atoms with van der Waals surface area (Å²) >= 11 is 0. The molecule has 0 atom stereocenters. The van der Waals surface area contributed by atoms with Gasteiger partial charge in [0.15, 0.2) is 0 Å². The molecule has 0 aromatic carbocycles. The van der Waals surface area contributed by atoms with E-state index in [2.05, 4.69) is 11.3 Å². The minimum absolute atomic E-state index is 0. The maximum absolute atomic E-state index is 10.0. The van der Waals surface area contributed by atoms with Gasteiger partial charge in [0.1, 0.15) is 0 Å². The minimum Gasteiger partial charge on any atom is -0.550 e. The van der Waals surface area contributed by atoms with E-state index in [4.69, 9.17) is 35.4 Å². The number of carbonyl (C=O) groups excluding carboxylic acids is 3.